The molecule has 0 amide bonds. The molecule has 0 saturated carbocycles. The van der Waals surface area contributed by atoms with Crippen molar-refractivity contribution in [2.24, 2.45) is 5.73 Å². The molecule has 0 saturated heterocycles. The topological polar surface area (TPSA) is 48.4 Å². The summed E-state index contributed by atoms with van der Waals surface area (Å²) in [7, 11) is 0. The van der Waals surface area contributed by atoms with Crippen molar-refractivity contribution >= 4 is 0 Å². The van der Waals surface area contributed by atoms with Crippen LogP contribution in [0.3, 0.4) is 0 Å². The zero-order chi connectivity index (χ0) is 12.3. The van der Waals surface area contributed by atoms with Crippen molar-refractivity contribution in [3.63, 3.8) is 0 Å². The smallest absolute Gasteiger partial charge is 0.146 e. The van der Waals surface area contributed by atoms with Crippen molar-refractivity contribution in [1.29, 1.82) is 0 Å². The number of hydrogen-bond donors (Lipinski definition) is 1. The van der Waals surface area contributed by atoms with Crippen LogP contribution in [0.2, 0.25) is 0 Å². The van der Waals surface area contributed by atoms with Crippen LogP contribution >= 0.6 is 0 Å². The van der Waals surface area contributed by atoms with E-state index in [-0.39, 0.29) is 5.82 Å². The highest BCUT2D eigenvalue weighted by Crippen LogP contribution is 2.17. The number of halogens is 1. The Morgan fingerprint density at radius 2 is 2.00 bits per heavy atom. The molecule has 0 spiro atoms. The Morgan fingerprint density at radius 3 is 2.59 bits per heavy atom. The first-order valence-electron chi connectivity index (χ1n) is 5.35. The van der Waals surface area contributed by atoms with Crippen LogP contribution in [0, 0.1) is 12.7 Å². The molecule has 1 heterocycles. The van der Waals surface area contributed by atoms with Gasteiger partial charge in [-0.2, -0.15) is 0 Å². The highest BCUT2D eigenvalue weighted by atomic mass is 19.1. The van der Waals surface area contributed by atoms with Gasteiger partial charge in [0.1, 0.15) is 29.7 Å². The lowest BCUT2D eigenvalue weighted by Gasteiger charge is -2.03. The summed E-state index contributed by atoms with van der Waals surface area (Å²) in [5.74, 6) is 1.81. The summed E-state index contributed by atoms with van der Waals surface area (Å²) in [4.78, 5) is 0. The summed E-state index contributed by atoms with van der Waals surface area (Å²) in [6, 6.07) is 7.76. The molecule has 90 valence electrons. The summed E-state index contributed by atoms with van der Waals surface area (Å²) >= 11 is 0. The first kappa shape index (κ1) is 11.7. The third-order valence-corrected chi connectivity index (χ3v) is 2.45. The van der Waals surface area contributed by atoms with Crippen molar-refractivity contribution in [1.82, 2.24) is 0 Å². The highest BCUT2D eigenvalue weighted by Gasteiger charge is 2.06. The molecule has 2 N–H and O–H groups in total. The first-order valence-corrected chi connectivity index (χ1v) is 5.35. The zero-order valence-corrected chi connectivity index (χ0v) is 9.57. The molecule has 2 rings (SSSR count). The number of rotatable bonds is 4. The summed E-state index contributed by atoms with van der Waals surface area (Å²) in [5, 5.41) is 0. The van der Waals surface area contributed by atoms with Gasteiger partial charge in [-0.15, -0.1) is 0 Å². The van der Waals surface area contributed by atoms with Gasteiger partial charge in [0.15, 0.2) is 0 Å². The number of hydrogen-bond acceptors (Lipinski definition) is 3. The predicted molar refractivity (Wildman–Crippen MR) is 62.1 cm³/mol. The quantitative estimate of drug-likeness (QED) is 0.886. The lowest BCUT2D eigenvalue weighted by molar-refractivity contribution is 0.266. The van der Waals surface area contributed by atoms with Crippen LogP contribution in [0.4, 0.5) is 4.39 Å². The Balaban J connectivity index is 1.99. The number of ether oxygens (including phenoxy) is 1. The van der Waals surface area contributed by atoms with Gasteiger partial charge in [0, 0.05) is 0 Å². The van der Waals surface area contributed by atoms with Crippen LogP contribution in [0.15, 0.2) is 34.7 Å². The molecule has 0 atom stereocenters. The third-order valence-electron chi connectivity index (χ3n) is 2.45. The molecule has 2 aromatic rings. The average molecular weight is 235 g/mol. The van der Waals surface area contributed by atoms with Gasteiger partial charge in [0.25, 0.3) is 0 Å². The van der Waals surface area contributed by atoms with Crippen molar-refractivity contribution in [3.8, 4) is 5.75 Å². The predicted octanol–water partition coefficient (Wildman–Crippen LogP) is 2.76. The van der Waals surface area contributed by atoms with Gasteiger partial charge < -0.3 is 14.9 Å². The minimum absolute atomic E-state index is 0.281. The zero-order valence-electron chi connectivity index (χ0n) is 9.57. The molecule has 0 aliphatic rings. The van der Waals surface area contributed by atoms with Gasteiger partial charge in [0.2, 0.25) is 0 Å². The molecule has 17 heavy (non-hydrogen) atoms. The lowest BCUT2D eigenvalue weighted by atomic mass is 10.2. The monoisotopic (exact) mass is 235 g/mol. The molecule has 3 nitrogen and oxygen atoms in total. The Morgan fingerprint density at radius 1 is 1.29 bits per heavy atom. The van der Waals surface area contributed by atoms with Gasteiger partial charge in [0.05, 0.1) is 6.54 Å². The molecular weight excluding hydrogens is 221 g/mol. The van der Waals surface area contributed by atoms with Gasteiger partial charge in [-0.1, -0.05) is 0 Å². The summed E-state index contributed by atoms with van der Waals surface area (Å²) in [6.45, 7) is 2.63. The number of aryl methyl sites for hydroxylation is 1. The van der Waals surface area contributed by atoms with E-state index in [1.807, 2.05) is 13.0 Å². The third kappa shape index (κ3) is 2.85. The minimum atomic E-state index is -0.281. The van der Waals surface area contributed by atoms with Crippen LogP contribution in [0.5, 0.6) is 5.75 Å². The van der Waals surface area contributed by atoms with Gasteiger partial charge in [-0.3, -0.25) is 0 Å². The highest BCUT2D eigenvalue weighted by molar-refractivity contribution is 5.23. The van der Waals surface area contributed by atoms with Crippen LogP contribution in [0.25, 0.3) is 0 Å². The SMILES string of the molecule is Cc1cc(COc2ccc(F)cc2)oc1CN. The maximum atomic E-state index is 12.7. The van der Waals surface area contributed by atoms with Gasteiger partial charge in [-0.25, -0.2) is 4.39 Å². The van der Waals surface area contributed by atoms with Crippen molar-refractivity contribution in [2.45, 2.75) is 20.1 Å². The van der Waals surface area contributed by atoms with Gasteiger partial charge >= 0.3 is 0 Å². The fourth-order valence-corrected chi connectivity index (χ4v) is 1.55. The summed E-state index contributed by atoms with van der Waals surface area (Å²) < 4.78 is 23.6. The van der Waals surface area contributed by atoms with Crippen LogP contribution < -0.4 is 10.5 Å². The minimum Gasteiger partial charge on any atom is -0.486 e. The Hall–Kier alpha value is -1.81. The fraction of sp³-hybridized carbons (Fsp3) is 0.231. The molecule has 1 aromatic carbocycles. The van der Waals surface area contributed by atoms with E-state index in [2.05, 4.69) is 0 Å². The van der Waals surface area contributed by atoms with E-state index in [4.69, 9.17) is 14.9 Å². The largest absolute Gasteiger partial charge is 0.486 e. The second kappa shape index (κ2) is 5.01. The number of furan rings is 1. The molecule has 0 aliphatic heterocycles. The van der Waals surface area contributed by atoms with Crippen molar-refractivity contribution in [2.75, 3.05) is 0 Å². The maximum Gasteiger partial charge on any atom is 0.146 e. The van der Waals surface area contributed by atoms with Crippen molar-refractivity contribution in [3.05, 3.63) is 53.2 Å². The van der Waals surface area contributed by atoms with Gasteiger partial charge in [-0.05, 0) is 42.8 Å². The van der Waals surface area contributed by atoms with E-state index in [0.29, 0.717) is 24.7 Å². The Labute approximate surface area is 99.0 Å². The van der Waals surface area contributed by atoms with Crippen LogP contribution in [0.1, 0.15) is 17.1 Å². The molecule has 1 aromatic heterocycles. The van der Waals surface area contributed by atoms with Crippen LogP contribution in [-0.2, 0) is 13.2 Å². The van der Waals surface area contributed by atoms with E-state index in [0.717, 1.165) is 11.3 Å². The van der Waals surface area contributed by atoms with Crippen molar-refractivity contribution < 1.29 is 13.5 Å². The van der Waals surface area contributed by atoms with E-state index in [9.17, 15) is 4.39 Å². The van der Waals surface area contributed by atoms with Crippen LogP contribution in [-0.4, -0.2) is 0 Å². The Bertz CT molecular complexity index is 491. The molecule has 4 heteroatoms. The van der Waals surface area contributed by atoms with E-state index >= 15 is 0 Å². The first-order chi connectivity index (χ1) is 8.19. The molecule has 0 radical (unpaired) electrons. The molecule has 0 aliphatic carbocycles. The standard InChI is InChI=1S/C13H14FNO2/c1-9-6-12(17-13(9)7-15)8-16-11-4-2-10(14)3-5-11/h2-6H,7-8,15H2,1H3. The maximum absolute atomic E-state index is 12.7. The summed E-state index contributed by atoms with van der Waals surface area (Å²) in [6.07, 6.45) is 0. The molecular formula is C13H14FNO2. The average Bonchev–Trinajstić information content (AvgIpc) is 2.69. The number of benzene rings is 1. The summed E-state index contributed by atoms with van der Waals surface area (Å²) in [5.41, 5.74) is 6.53. The lowest BCUT2D eigenvalue weighted by Crippen LogP contribution is -1.96. The van der Waals surface area contributed by atoms with E-state index in [1.165, 1.54) is 12.1 Å². The second-order valence-corrected chi connectivity index (χ2v) is 3.77. The van der Waals surface area contributed by atoms with E-state index < -0.39 is 0 Å². The molecule has 0 bridgehead atoms. The second-order valence-electron chi connectivity index (χ2n) is 3.77. The normalized spacial score (nSPS) is 10.5. The molecule has 0 unspecified atom stereocenters. The Kier molecular flexibility index (Phi) is 3.44. The number of nitrogens with two attached hydrogens (primary N) is 1. The van der Waals surface area contributed by atoms with E-state index in [1.54, 1.807) is 12.1 Å². The molecule has 0 fully saturated rings. The fourth-order valence-electron chi connectivity index (χ4n) is 1.55.